The summed E-state index contributed by atoms with van der Waals surface area (Å²) in [7, 11) is -3.35. The SMILES string of the molecule is C=CCc1ccc(S(=O)(=O)N(CCC)CCC)cc1. The Hall–Kier alpha value is -1.13. The molecule has 0 amide bonds. The van der Waals surface area contributed by atoms with Crippen molar-refractivity contribution in [2.75, 3.05) is 13.1 Å². The highest BCUT2D eigenvalue weighted by Gasteiger charge is 2.22. The van der Waals surface area contributed by atoms with Gasteiger partial charge in [-0.3, -0.25) is 0 Å². The molecule has 0 aromatic heterocycles. The minimum Gasteiger partial charge on any atom is -0.207 e. The summed E-state index contributed by atoms with van der Waals surface area (Å²) < 4.78 is 26.5. The molecule has 0 radical (unpaired) electrons. The molecule has 0 aliphatic rings. The van der Waals surface area contributed by atoms with Gasteiger partial charge in [0.25, 0.3) is 0 Å². The molecule has 1 aromatic carbocycles. The second-order valence-corrected chi connectivity index (χ2v) is 6.48. The largest absolute Gasteiger partial charge is 0.243 e. The maximum Gasteiger partial charge on any atom is 0.243 e. The third kappa shape index (κ3) is 4.18. The van der Waals surface area contributed by atoms with E-state index >= 15 is 0 Å². The Balaban J connectivity index is 2.99. The van der Waals surface area contributed by atoms with Crippen molar-refractivity contribution >= 4 is 10.0 Å². The van der Waals surface area contributed by atoms with Gasteiger partial charge in [0.15, 0.2) is 0 Å². The highest BCUT2D eigenvalue weighted by Crippen LogP contribution is 2.17. The smallest absolute Gasteiger partial charge is 0.207 e. The zero-order chi connectivity index (χ0) is 14.3. The van der Waals surface area contributed by atoms with E-state index in [-0.39, 0.29) is 0 Å². The van der Waals surface area contributed by atoms with Crippen molar-refractivity contribution < 1.29 is 8.42 Å². The predicted molar refractivity (Wildman–Crippen MR) is 79.7 cm³/mol. The number of hydrogen-bond acceptors (Lipinski definition) is 2. The zero-order valence-corrected chi connectivity index (χ0v) is 12.6. The first-order valence-corrected chi connectivity index (χ1v) is 8.20. The lowest BCUT2D eigenvalue weighted by Crippen LogP contribution is -2.32. The molecule has 0 saturated heterocycles. The minimum absolute atomic E-state index is 0.377. The first-order chi connectivity index (χ1) is 9.06. The molecule has 19 heavy (non-hydrogen) atoms. The van der Waals surface area contributed by atoms with E-state index in [0.717, 1.165) is 24.8 Å². The monoisotopic (exact) mass is 281 g/mol. The van der Waals surface area contributed by atoms with Crippen LogP contribution < -0.4 is 0 Å². The Labute approximate surface area is 117 Å². The number of hydrogen-bond donors (Lipinski definition) is 0. The third-order valence-corrected chi connectivity index (χ3v) is 4.80. The van der Waals surface area contributed by atoms with Crippen molar-refractivity contribution in [2.24, 2.45) is 0 Å². The van der Waals surface area contributed by atoms with Gasteiger partial charge in [0.2, 0.25) is 10.0 Å². The van der Waals surface area contributed by atoms with E-state index in [0.29, 0.717) is 18.0 Å². The van der Waals surface area contributed by atoms with E-state index < -0.39 is 10.0 Å². The summed E-state index contributed by atoms with van der Waals surface area (Å²) in [4.78, 5) is 0.377. The Morgan fingerprint density at radius 3 is 2.05 bits per heavy atom. The van der Waals surface area contributed by atoms with Crippen molar-refractivity contribution in [1.82, 2.24) is 4.31 Å². The highest BCUT2D eigenvalue weighted by molar-refractivity contribution is 7.89. The molecule has 0 fully saturated rings. The average molecular weight is 281 g/mol. The van der Waals surface area contributed by atoms with E-state index in [2.05, 4.69) is 6.58 Å². The van der Waals surface area contributed by atoms with Crippen LogP contribution in [-0.4, -0.2) is 25.8 Å². The van der Waals surface area contributed by atoms with Gasteiger partial charge >= 0.3 is 0 Å². The lowest BCUT2D eigenvalue weighted by atomic mass is 10.2. The fourth-order valence-corrected chi connectivity index (χ4v) is 3.59. The summed E-state index contributed by atoms with van der Waals surface area (Å²) >= 11 is 0. The summed E-state index contributed by atoms with van der Waals surface area (Å²) in [5.74, 6) is 0. The lowest BCUT2D eigenvalue weighted by molar-refractivity contribution is 0.410. The number of benzene rings is 1. The van der Waals surface area contributed by atoms with E-state index in [1.807, 2.05) is 32.1 Å². The molecule has 0 bridgehead atoms. The first kappa shape index (κ1) is 15.9. The molecule has 4 heteroatoms. The summed E-state index contributed by atoms with van der Waals surface area (Å²) in [5.41, 5.74) is 1.08. The second kappa shape index (κ2) is 7.46. The normalized spacial score (nSPS) is 11.7. The predicted octanol–water partition coefficient (Wildman–Crippen LogP) is 3.23. The molecule has 0 aliphatic heterocycles. The topological polar surface area (TPSA) is 37.4 Å². The van der Waals surface area contributed by atoms with Gasteiger partial charge in [0, 0.05) is 13.1 Å². The van der Waals surface area contributed by atoms with Gasteiger partial charge in [-0.25, -0.2) is 8.42 Å². The van der Waals surface area contributed by atoms with Crippen LogP contribution in [0.25, 0.3) is 0 Å². The van der Waals surface area contributed by atoms with Crippen molar-refractivity contribution in [3.8, 4) is 0 Å². The van der Waals surface area contributed by atoms with Crippen molar-refractivity contribution in [3.05, 3.63) is 42.5 Å². The lowest BCUT2D eigenvalue weighted by Gasteiger charge is -2.21. The molecular weight excluding hydrogens is 258 g/mol. The summed E-state index contributed by atoms with van der Waals surface area (Å²) in [6, 6.07) is 7.08. The second-order valence-electron chi connectivity index (χ2n) is 4.54. The first-order valence-electron chi connectivity index (χ1n) is 6.76. The van der Waals surface area contributed by atoms with Crippen LogP contribution in [0.1, 0.15) is 32.3 Å². The van der Waals surface area contributed by atoms with Crippen LogP contribution in [0.2, 0.25) is 0 Å². The van der Waals surface area contributed by atoms with Crippen LogP contribution in [0.3, 0.4) is 0 Å². The van der Waals surface area contributed by atoms with Gasteiger partial charge in [-0.05, 0) is 37.0 Å². The molecule has 0 N–H and O–H groups in total. The standard InChI is InChI=1S/C15H23NO2S/c1-4-7-14-8-10-15(11-9-14)19(17,18)16(12-5-2)13-6-3/h4,8-11H,1,5-7,12-13H2,2-3H3. The molecule has 1 aromatic rings. The number of nitrogens with zero attached hydrogens (tertiary/aromatic N) is 1. The summed E-state index contributed by atoms with van der Waals surface area (Å²) in [6.45, 7) is 8.81. The molecule has 0 aliphatic carbocycles. The van der Waals surface area contributed by atoms with Gasteiger partial charge in [-0.2, -0.15) is 4.31 Å². The van der Waals surface area contributed by atoms with Crippen LogP contribution in [-0.2, 0) is 16.4 Å². The van der Waals surface area contributed by atoms with Gasteiger partial charge < -0.3 is 0 Å². The summed E-state index contributed by atoms with van der Waals surface area (Å²) in [5, 5.41) is 0. The molecule has 3 nitrogen and oxygen atoms in total. The average Bonchev–Trinajstić information content (AvgIpc) is 2.39. The van der Waals surface area contributed by atoms with Crippen LogP contribution in [0.4, 0.5) is 0 Å². The van der Waals surface area contributed by atoms with Crippen molar-refractivity contribution in [2.45, 2.75) is 38.0 Å². The maximum atomic E-state index is 12.5. The molecule has 0 spiro atoms. The Bertz CT molecular complexity index is 485. The van der Waals surface area contributed by atoms with Gasteiger partial charge in [-0.15, -0.1) is 6.58 Å². The van der Waals surface area contributed by atoms with Crippen LogP contribution in [0.15, 0.2) is 41.8 Å². The van der Waals surface area contributed by atoms with E-state index in [1.54, 1.807) is 16.4 Å². The van der Waals surface area contributed by atoms with Gasteiger partial charge in [0.05, 0.1) is 4.90 Å². The maximum absolute atomic E-state index is 12.5. The third-order valence-electron chi connectivity index (χ3n) is 2.89. The molecule has 0 heterocycles. The van der Waals surface area contributed by atoms with E-state index in [1.165, 1.54) is 0 Å². The van der Waals surface area contributed by atoms with Gasteiger partial charge in [0.1, 0.15) is 0 Å². The van der Waals surface area contributed by atoms with Crippen LogP contribution >= 0.6 is 0 Å². The summed E-state index contributed by atoms with van der Waals surface area (Å²) in [6.07, 6.45) is 4.22. The number of sulfonamides is 1. The Morgan fingerprint density at radius 1 is 1.11 bits per heavy atom. The fourth-order valence-electron chi connectivity index (χ4n) is 1.96. The highest BCUT2D eigenvalue weighted by atomic mass is 32.2. The van der Waals surface area contributed by atoms with Crippen molar-refractivity contribution in [1.29, 1.82) is 0 Å². The Kier molecular flexibility index (Phi) is 6.25. The Morgan fingerprint density at radius 2 is 1.63 bits per heavy atom. The molecule has 106 valence electrons. The fraction of sp³-hybridized carbons (Fsp3) is 0.467. The molecule has 1 rings (SSSR count). The molecule has 0 saturated carbocycles. The number of rotatable bonds is 8. The van der Waals surface area contributed by atoms with Crippen LogP contribution in [0.5, 0.6) is 0 Å². The van der Waals surface area contributed by atoms with E-state index in [9.17, 15) is 8.42 Å². The molecular formula is C15H23NO2S. The molecule has 0 atom stereocenters. The number of allylic oxidation sites excluding steroid dienone is 1. The minimum atomic E-state index is -3.35. The quantitative estimate of drug-likeness (QED) is 0.686. The van der Waals surface area contributed by atoms with Crippen LogP contribution in [0, 0.1) is 0 Å². The molecule has 0 unspecified atom stereocenters. The van der Waals surface area contributed by atoms with Crippen molar-refractivity contribution in [3.63, 3.8) is 0 Å². The van der Waals surface area contributed by atoms with E-state index in [4.69, 9.17) is 0 Å². The van der Waals surface area contributed by atoms with Gasteiger partial charge in [-0.1, -0.05) is 32.1 Å². The zero-order valence-electron chi connectivity index (χ0n) is 11.8.